The summed E-state index contributed by atoms with van der Waals surface area (Å²) in [5.41, 5.74) is 0. The van der Waals surface area contributed by atoms with E-state index in [0.717, 1.165) is 0 Å². The normalized spacial score (nSPS) is 28.2. The van der Waals surface area contributed by atoms with Crippen molar-refractivity contribution in [2.24, 2.45) is 0 Å². The first-order chi connectivity index (χ1) is 5.99. The highest BCUT2D eigenvalue weighted by atomic mass is 16.7. The largest absolute Gasteiger partial charge is 0.366 e. The Balaban J connectivity index is 0.000000671. The van der Waals surface area contributed by atoms with Crippen LogP contribution in [0.2, 0.25) is 0 Å². The summed E-state index contributed by atoms with van der Waals surface area (Å²) in [6, 6.07) is 0. The number of hydrogen-bond donors (Lipinski definition) is 2. The molecule has 0 aliphatic carbocycles. The van der Waals surface area contributed by atoms with Crippen LogP contribution in [0.3, 0.4) is 0 Å². The van der Waals surface area contributed by atoms with Crippen molar-refractivity contribution in [3.05, 3.63) is 0 Å². The van der Waals surface area contributed by atoms with E-state index in [4.69, 9.17) is 14.6 Å². The van der Waals surface area contributed by atoms with Crippen molar-refractivity contribution in [2.75, 3.05) is 6.61 Å². The van der Waals surface area contributed by atoms with Gasteiger partial charge < -0.3 is 19.7 Å². The van der Waals surface area contributed by atoms with Crippen molar-refractivity contribution in [1.82, 2.24) is 0 Å². The lowest BCUT2D eigenvalue weighted by atomic mass is 10.3. The summed E-state index contributed by atoms with van der Waals surface area (Å²) in [4.78, 5) is 0. The van der Waals surface area contributed by atoms with Gasteiger partial charge in [0.05, 0.1) is 6.61 Å². The molecule has 0 bridgehead atoms. The molecule has 4 nitrogen and oxygen atoms in total. The Hall–Kier alpha value is -0.160. The maximum atomic E-state index is 9.21. The molecule has 0 aromatic heterocycles. The Morgan fingerprint density at radius 1 is 1.38 bits per heavy atom. The van der Waals surface area contributed by atoms with Gasteiger partial charge in [0.25, 0.3) is 0 Å². The number of hydrogen-bond acceptors (Lipinski definition) is 4. The molecule has 80 valence electrons. The van der Waals surface area contributed by atoms with Gasteiger partial charge in [-0.1, -0.05) is 13.8 Å². The van der Waals surface area contributed by atoms with E-state index in [9.17, 15) is 5.11 Å². The molecule has 0 aromatic carbocycles. The van der Waals surface area contributed by atoms with Crippen molar-refractivity contribution in [1.29, 1.82) is 0 Å². The molecule has 1 aliphatic rings. The highest BCUT2D eigenvalue weighted by Crippen LogP contribution is 2.19. The lowest BCUT2D eigenvalue weighted by molar-refractivity contribution is -0.240. The average Bonchev–Trinajstić information content (AvgIpc) is 2.38. The lowest BCUT2D eigenvalue weighted by Gasteiger charge is -2.24. The van der Waals surface area contributed by atoms with Gasteiger partial charge in [-0.2, -0.15) is 0 Å². The lowest BCUT2D eigenvalue weighted by Crippen LogP contribution is -2.34. The SMILES string of the molecule is CC.CC(C)(O)OC1CCOC1O. The van der Waals surface area contributed by atoms with Crippen LogP contribution in [0.15, 0.2) is 0 Å². The van der Waals surface area contributed by atoms with Crippen LogP contribution in [0, 0.1) is 0 Å². The van der Waals surface area contributed by atoms with Gasteiger partial charge in [0, 0.05) is 6.42 Å². The molecule has 0 amide bonds. The van der Waals surface area contributed by atoms with Crippen LogP contribution in [0.1, 0.15) is 34.1 Å². The first kappa shape index (κ1) is 12.8. The summed E-state index contributed by atoms with van der Waals surface area (Å²) in [7, 11) is 0. The molecular formula is C9H20O4. The van der Waals surface area contributed by atoms with Crippen molar-refractivity contribution in [3.63, 3.8) is 0 Å². The van der Waals surface area contributed by atoms with Crippen LogP contribution in [-0.4, -0.2) is 35.0 Å². The minimum atomic E-state index is -1.20. The highest BCUT2D eigenvalue weighted by Gasteiger charge is 2.31. The van der Waals surface area contributed by atoms with Crippen LogP contribution in [0.25, 0.3) is 0 Å². The molecule has 0 aromatic rings. The van der Waals surface area contributed by atoms with Crippen LogP contribution < -0.4 is 0 Å². The van der Waals surface area contributed by atoms with Crippen LogP contribution in [0.4, 0.5) is 0 Å². The molecule has 1 fully saturated rings. The smallest absolute Gasteiger partial charge is 0.181 e. The second-order valence-corrected chi connectivity index (χ2v) is 3.15. The van der Waals surface area contributed by atoms with Crippen molar-refractivity contribution < 1.29 is 19.7 Å². The number of aliphatic hydroxyl groups excluding tert-OH is 1. The zero-order valence-corrected chi connectivity index (χ0v) is 8.78. The molecule has 2 unspecified atom stereocenters. The maximum absolute atomic E-state index is 9.21. The van der Waals surface area contributed by atoms with Gasteiger partial charge in [-0.15, -0.1) is 0 Å². The first-order valence-electron chi connectivity index (χ1n) is 4.69. The number of aliphatic hydroxyl groups is 2. The molecule has 1 aliphatic heterocycles. The van der Waals surface area contributed by atoms with Crippen molar-refractivity contribution in [2.45, 2.75) is 52.3 Å². The Bertz CT molecular complexity index is 130. The van der Waals surface area contributed by atoms with Crippen molar-refractivity contribution in [3.8, 4) is 0 Å². The van der Waals surface area contributed by atoms with Gasteiger partial charge in [-0.05, 0) is 13.8 Å². The third-order valence-electron chi connectivity index (χ3n) is 1.45. The third kappa shape index (κ3) is 5.21. The van der Waals surface area contributed by atoms with Crippen LogP contribution in [0.5, 0.6) is 0 Å². The van der Waals surface area contributed by atoms with E-state index >= 15 is 0 Å². The third-order valence-corrected chi connectivity index (χ3v) is 1.45. The fourth-order valence-electron chi connectivity index (χ4n) is 1.04. The summed E-state index contributed by atoms with van der Waals surface area (Å²) < 4.78 is 9.92. The topological polar surface area (TPSA) is 58.9 Å². The zero-order valence-electron chi connectivity index (χ0n) is 8.78. The standard InChI is InChI=1S/C7H14O4.C2H6/c1-7(2,9)11-5-3-4-10-6(5)8;1-2/h5-6,8-9H,3-4H2,1-2H3;1-2H3. The molecule has 0 saturated carbocycles. The maximum Gasteiger partial charge on any atom is 0.181 e. The molecule has 1 rings (SSSR count). The van der Waals surface area contributed by atoms with Gasteiger partial charge in [0.1, 0.15) is 6.10 Å². The minimum absolute atomic E-state index is 0.394. The fraction of sp³-hybridized carbons (Fsp3) is 1.00. The van der Waals surface area contributed by atoms with E-state index < -0.39 is 18.2 Å². The van der Waals surface area contributed by atoms with E-state index in [-0.39, 0.29) is 0 Å². The Labute approximate surface area is 79.5 Å². The highest BCUT2D eigenvalue weighted by molar-refractivity contribution is 4.70. The Kier molecular flexibility index (Phi) is 5.48. The van der Waals surface area contributed by atoms with E-state index in [0.29, 0.717) is 13.0 Å². The van der Waals surface area contributed by atoms with E-state index in [1.165, 1.54) is 13.8 Å². The van der Waals surface area contributed by atoms with Crippen LogP contribution >= 0.6 is 0 Å². The molecule has 1 saturated heterocycles. The number of ether oxygens (including phenoxy) is 2. The zero-order chi connectivity index (χ0) is 10.5. The molecule has 13 heavy (non-hydrogen) atoms. The quantitative estimate of drug-likeness (QED) is 0.637. The molecule has 0 spiro atoms. The Morgan fingerprint density at radius 2 is 1.92 bits per heavy atom. The Morgan fingerprint density at radius 3 is 2.23 bits per heavy atom. The van der Waals surface area contributed by atoms with E-state index in [2.05, 4.69) is 0 Å². The second kappa shape index (κ2) is 5.54. The molecule has 2 N–H and O–H groups in total. The summed E-state index contributed by atoms with van der Waals surface area (Å²) in [5, 5.41) is 18.3. The molecule has 4 heteroatoms. The molecule has 1 heterocycles. The van der Waals surface area contributed by atoms with E-state index in [1.54, 1.807) is 0 Å². The average molecular weight is 192 g/mol. The minimum Gasteiger partial charge on any atom is -0.366 e. The summed E-state index contributed by atoms with van der Waals surface area (Å²) in [6.45, 7) is 7.54. The summed E-state index contributed by atoms with van der Waals surface area (Å²) in [6.07, 6.45) is -0.651. The predicted molar refractivity (Wildman–Crippen MR) is 49.1 cm³/mol. The summed E-state index contributed by atoms with van der Waals surface area (Å²) in [5.74, 6) is -1.20. The number of rotatable bonds is 2. The predicted octanol–water partition coefficient (Wildman–Crippen LogP) is 0.865. The molecule has 2 atom stereocenters. The second-order valence-electron chi connectivity index (χ2n) is 3.15. The molecular weight excluding hydrogens is 172 g/mol. The monoisotopic (exact) mass is 192 g/mol. The van der Waals surface area contributed by atoms with Gasteiger partial charge in [-0.3, -0.25) is 0 Å². The molecule has 0 radical (unpaired) electrons. The summed E-state index contributed by atoms with van der Waals surface area (Å²) >= 11 is 0. The first-order valence-corrected chi connectivity index (χ1v) is 4.69. The van der Waals surface area contributed by atoms with Crippen LogP contribution in [-0.2, 0) is 9.47 Å². The van der Waals surface area contributed by atoms with Gasteiger partial charge in [0.15, 0.2) is 12.1 Å². The van der Waals surface area contributed by atoms with Gasteiger partial charge in [-0.25, -0.2) is 0 Å². The van der Waals surface area contributed by atoms with E-state index in [1.807, 2.05) is 13.8 Å². The van der Waals surface area contributed by atoms with Gasteiger partial charge in [0.2, 0.25) is 0 Å². The van der Waals surface area contributed by atoms with Crippen molar-refractivity contribution >= 4 is 0 Å². The van der Waals surface area contributed by atoms with Gasteiger partial charge >= 0.3 is 0 Å². The fourth-order valence-corrected chi connectivity index (χ4v) is 1.04.